The molecule has 140 valence electrons. The Balaban J connectivity index is 1.65. The summed E-state index contributed by atoms with van der Waals surface area (Å²) >= 11 is 0. The van der Waals surface area contributed by atoms with Crippen molar-refractivity contribution in [1.82, 2.24) is 20.3 Å². The maximum atomic E-state index is 12.3. The molecule has 1 amide bonds. The second-order valence-corrected chi connectivity index (χ2v) is 6.42. The third kappa shape index (κ3) is 4.80. The van der Waals surface area contributed by atoms with Crippen molar-refractivity contribution in [3.8, 4) is 0 Å². The van der Waals surface area contributed by atoms with Crippen LogP contribution in [0.5, 0.6) is 0 Å². The van der Waals surface area contributed by atoms with Crippen LogP contribution in [0.1, 0.15) is 30.3 Å². The molecule has 6 heteroatoms. The van der Waals surface area contributed by atoms with Gasteiger partial charge in [0.05, 0.1) is 23.8 Å². The number of aryl methyl sites for hydroxylation is 1. The summed E-state index contributed by atoms with van der Waals surface area (Å²) in [6.45, 7) is 2.93. The van der Waals surface area contributed by atoms with Crippen molar-refractivity contribution in [3.63, 3.8) is 0 Å². The SMILES string of the molecule is CCCc1ccc(/C=N/NC(=O)Cn2c(CNC)nc3ccccc32)cc1. The Morgan fingerprint density at radius 3 is 2.70 bits per heavy atom. The van der Waals surface area contributed by atoms with Gasteiger partial charge in [-0.25, -0.2) is 10.4 Å². The molecule has 0 unspecified atom stereocenters. The Hall–Kier alpha value is -2.99. The molecule has 1 heterocycles. The third-order valence-electron chi connectivity index (χ3n) is 4.29. The molecule has 3 aromatic rings. The van der Waals surface area contributed by atoms with Crippen LogP contribution in [0.25, 0.3) is 11.0 Å². The van der Waals surface area contributed by atoms with Gasteiger partial charge in [0.25, 0.3) is 5.91 Å². The highest BCUT2D eigenvalue weighted by atomic mass is 16.2. The molecule has 1 aromatic heterocycles. The number of rotatable bonds is 8. The number of para-hydroxylation sites is 2. The second kappa shape index (κ2) is 9.09. The van der Waals surface area contributed by atoms with E-state index in [-0.39, 0.29) is 12.5 Å². The van der Waals surface area contributed by atoms with E-state index in [0.717, 1.165) is 35.3 Å². The summed E-state index contributed by atoms with van der Waals surface area (Å²) in [4.78, 5) is 16.9. The first kappa shape index (κ1) is 18.8. The minimum Gasteiger partial charge on any atom is -0.317 e. The lowest BCUT2D eigenvalue weighted by Crippen LogP contribution is -2.25. The molecule has 0 aliphatic rings. The van der Waals surface area contributed by atoms with E-state index >= 15 is 0 Å². The normalized spacial score (nSPS) is 11.3. The van der Waals surface area contributed by atoms with Gasteiger partial charge in [-0.15, -0.1) is 0 Å². The van der Waals surface area contributed by atoms with Crippen molar-refractivity contribution >= 4 is 23.2 Å². The first-order valence-electron chi connectivity index (χ1n) is 9.21. The molecular formula is C21H25N5O. The summed E-state index contributed by atoms with van der Waals surface area (Å²) in [5, 5.41) is 7.17. The van der Waals surface area contributed by atoms with E-state index in [1.54, 1.807) is 6.21 Å². The number of imidazole rings is 1. The molecule has 0 fully saturated rings. The molecule has 6 nitrogen and oxygen atoms in total. The highest BCUT2D eigenvalue weighted by Crippen LogP contribution is 2.15. The number of hydrogen-bond acceptors (Lipinski definition) is 4. The molecule has 0 saturated carbocycles. The van der Waals surface area contributed by atoms with Gasteiger partial charge < -0.3 is 9.88 Å². The lowest BCUT2D eigenvalue weighted by atomic mass is 10.1. The first-order chi connectivity index (χ1) is 13.2. The van der Waals surface area contributed by atoms with Gasteiger partial charge in [0, 0.05) is 0 Å². The number of nitrogens with zero attached hydrogens (tertiary/aromatic N) is 3. The largest absolute Gasteiger partial charge is 0.317 e. The Kier molecular flexibility index (Phi) is 6.33. The number of amides is 1. The molecule has 0 spiro atoms. The van der Waals surface area contributed by atoms with Crippen LogP contribution < -0.4 is 10.7 Å². The molecular weight excluding hydrogens is 338 g/mol. The van der Waals surface area contributed by atoms with Crippen molar-refractivity contribution < 1.29 is 4.79 Å². The lowest BCUT2D eigenvalue weighted by molar-refractivity contribution is -0.121. The van der Waals surface area contributed by atoms with Crippen molar-refractivity contribution in [1.29, 1.82) is 0 Å². The topological polar surface area (TPSA) is 71.3 Å². The molecule has 2 N–H and O–H groups in total. The zero-order chi connectivity index (χ0) is 19.1. The predicted octanol–water partition coefficient (Wildman–Crippen LogP) is 2.86. The summed E-state index contributed by atoms with van der Waals surface area (Å²) < 4.78 is 1.91. The Labute approximate surface area is 159 Å². The minimum atomic E-state index is -0.186. The number of aromatic nitrogens is 2. The van der Waals surface area contributed by atoms with Crippen LogP contribution in [0.3, 0.4) is 0 Å². The zero-order valence-electron chi connectivity index (χ0n) is 15.8. The molecule has 2 aromatic carbocycles. The third-order valence-corrected chi connectivity index (χ3v) is 4.29. The number of hydrogen-bond donors (Lipinski definition) is 2. The van der Waals surface area contributed by atoms with E-state index in [1.807, 2.05) is 48.0 Å². The van der Waals surface area contributed by atoms with Crippen LogP contribution >= 0.6 is 0 Å². The molecule has 3 rings (SSSR count). The standard InChI is InChI=1S/C21H25N5O/c1-3-6-16-9-11-17(12-10-16)13-23-25-21(27)15-26-19-8-5-4-7-18(19)24-20(26)14-22-2/h4-5,7-13,22H,3,6,14-15H2,1-2H3,(H,25,27)/b23-13+. The number of fused-ring (bicyclic) bond motifs is 1. The average Bonchev–Trinajstić information content (AvgIpc) is 3.01. The molecule has 0 aliphatic heterocycles. The smallest absolute Gasteiger partial charge is 0.260 e. The second-order valence-electron chi connectivity index (χ2n) is 6.42. The maximum absolute atomic E-state index is 12.3. The lowest BCUT2D eigenvalue weighted by Gasteiger charge is -2.07. The van der Waals surface area contributed by atoms with E-state index in [0.29, 0.717) is 6.54 Å². The van der Waals surface area contributed by atoms with E-state index in [4.69, 9.17) is 0 Å². The van der Waals surface area contributed by atoms with Gasteiger partial charge in [0.2, 0.25) is 0 Å². The van der Waals surface area contributed by atoms with E-state index in [2.05, 4.69) is 39.9 Å². The molecule has 0 aliphatic carbocycles. The zero-order valence-corrected chi connectivity index (χ0v) is 15.8. The van der Waals surface area contributed by atoms with Gasteiger partial charge >= 0.3 is 0 Å². The van der Waals surface area contributed by atoms with Crippen molar-refractivity contribution in [2.24, 2.45) is 5.10 Å². The van der Waals surface area contributed by atoms with Crippen LogP contribution in [0.4, 0.5) is 0 Å². The van der Waals surface area contributed by atoms with Crippen LogP contribution in [-0.2, 0) is 24.3 Å². The fourth-order valence-electron chi connectivity index (χ4n) is 3.01. The number of benzene rings is 2. The van der Waals surface area contributed by atoms with Crippen molar-refractivity contribution in [2.45, 2.75) is 32.9 Å². The van der Waals surface area contributed by atoms with Crippen molar-refractivity contribution in [3.05, 3.63) is 65.5 Å². The first-order valence-corrected chi connectivity index (χ1v) is 9.21. The monoisotopic (exact) mass is 363 g/mol. The predicted molar refractivity (Wildman–Crippen MR) is 109 cm³/mol. The minimum absolute atomic E-state index is 0.171. The molecule has 27 heavy (non-hydrogen) atoms. The fourth-order valence-corrected chi connectivity index (χ4v) is 3.01. The van der Waals surface area contributed by atoms with Crippen LogP contribution in [0.15, 0.2) is 53.6 Å². The van der Waals surface area contributed by atoms with E-state index in [9.17, 15) is 4.79 Å². The highest BCUT2D eigenvalue weighted by Gasteiger charge is 2.12. The van der Waals surface area contributed by atoms with Crippen molar-refractivity contribution in [2.75, 3.05) is 7.05 Å². The molecule has 0 bridgehead atoms. The summed E-state index contributed by atoms with van der Waals surface area (Å²) in [5.41, 5.74) is 6.69. The molecule has 0 saturated heterocycles. The molecule has 0 radical (unpaired) electrons. The average molecular weight is 363 g/mol. The Morgan fingerprint density at radius 1 is 1.19 bits per heavy atom. The van der Waals surface area contributed by atoms with Crippen LogP contribution in [-0.4, -0.2) is 28.7 Å². The number of carbonyl (C=O) groups excluding carboxylic acids is 1. The molecule has 0 atom stereocenters. The number of nitrogens with one attached hydrogen (secondary N) is 2. The van der Waals surface area contributed by atoms with Gasteiger partial charge in [0.1, 0.15) is 12.4 Å². The van der Waals surface area contributed by atoms with E-state index in [1.165, 1.54) is 5.56 Å². The van der Waals surface area contributed by atoms with Gasteiger partial charge in [-0.05, 0) is 36.7 Å². The van der Waals surface area contributed by atoms with Crippen LogP contribution in [0, 0.1) is 0 Å². The van der Waals surface area contributed by atoms with Crippen LogP contribution in [0.2, 0.25) is 0 Å². The van der Waals surface area contributed by atoms with Gasteiger partial charge in [-0.3, -0.25) is 4.79 Å². The highest BCUT2D eigenvalue weighted by molar-refractivity contribution is 5.83. The van der Waals surface area contributed by atoms with Gasteiger partial charge in [-0.2, -0.15) is 5.10 Å². The summed E-state index contributed by atoms with van der Waals surface area (Å²) in [5.74, 6) is 0.638. The summed E-state index contributed by atoms with van der Waals surface area (Å²) in [6, 6.07) is 16.0. The summed E-state index contributed by atoms with van der Waals surface area (Å²) in [6.07, 6.45) is 3.86. The fraction of sp³-hybridized carbons (Fsp3) is 0.286. The Morgan fingerprint density at radius 2 is 1.96 bits per heavy atom. The van der Waals surface area contributed by atoms with Gasteiger partial charge in [0.15, 0.2) is 0 Å². The Bertz CT molecular complexity index is 927. The quantitative estimate of drug-likeness (QED) is 0.477. The number of carbonyl (C=O) groups is 1. The maximum Gasteiger partial charge on any atom is 0.260 e. The summed E-state index contributed by atoms with van der Waals surface area (Å²) in [7, 11) is 1.86. The van der Waals surface area contributed by atoms with E-state index < -0.39 is 0 Å². The number of hydrazone groups is 1. The van der Waals surface area contributed by atoms with Gasteiger partial charge in [-0.1, -0.05) is 49.7 Å².